The van der Waals surface area contributed by atoms with Gasteiger partial charge < -0.3 is 10.6 Å². The number of benzene rings is 1. The second-order valence-corrected chi connectivity index (χ2v) is 6.33. The van der Waals surface area contributed by atoms with Gasteiger partial charge in [-0.05, 0) is 31.4 Å². The van der Waals surface area contributed by atoms with Crippen molar-refractivity contribution in [2.75, 3.05) is 6.54 Å². The SMILES string of the molecule is CCNC(=NCc1cn(C)nc1C(F)(F)F)NC(C)c1ccc(CC)cc1. The van der Waals surface area contributed by atoms with Crippen LogP contribution in [-0.2, 0) is 26.2 Å². The molecule has 1 aromatic heterocycles. The third-order valence-electron chi connectivity index (χ3n) is 4.17. The van der Waals surface area contributed by atoms with Crippen LogP contribution in [0.25, 0.3) is 0 Å². The number of aromatic nitrogens is 2. The summed E-state index contributed by atoms with van der Waals surface area (Å²) in [6.07, 6.45) is -2.17. The van der Waals surface area contributed by atoms with Gasteiger partial charge in [0.2, 0.25) is 0 Å². The number of hydrogen-bond acceptors (Lipinski definition) is 2. The Morgan fingerprint density at radius 3 is 2.44 bits per heavy atom. The lowest BCUT2D eigenvalue weighted by molar-refractivity contribution is -0.142. The average molecular weight is 381 g/mol. The first-order chi connectivity index (χ1) is 12.7. The molecule has 8 heteroatoms. The molecule has 0 saturated carbocycles. The molecule has 27 heavy (non-hydrogen) atoms. The Morgan fingerprint density at radius 2 is 1.89 bits per heavy atom. The van der Waals surface area contributed by atoms with E-state index in [9.17, 15) is 13.2 Å². The lowest BCUT2D eigenvalue weighted by Crippen LogP contribution is -2.38. The molecule has 0 aliphatic heterocycles. The number of rotatable bonds is 6. The molecule has 0 spiro atoms. The van der Waals surface area contributed by atoms with Crippen molar-refractivity contribution in [1.82, 2.24) is 20.4 Å². The van der Waals surface area contributed by atoms with Crippen LogP contribution >= 0.6 is 0 Å². The highest BCUT2D eigenvalue weighted by molar-refractivity contribution is 5.80. The van der Waals surface area contributed by atoms with Crippen LogP contribution in [0.3, 0.4) is 0 Å². The molecule has 1 unspecified atom stereocenters. The summed E-state index contributed by atoms with van der Waals surface area (Å²) in [5, 5.41) is 9.82. The quantitative estimate of drug-likeness (QED) is 0.591. The molecule has 1 heterocycles. The molecule has 0 amide bonds. The smallest absolute Gasteiger partial charge is 0.357 e. The summed E-state index contributed by atoms with van der Waals surface area (Å²) < 4.78 is 40.4. The summed E-state index contributed by atoms with van der Waals surface area (Å²) in [4.78, 5) is 4.31. The predicted molar refractivity (Wildman–Crippen MR) is 100 cm³/mol. The molecular formula is C19H26F3N5. The fourth-order valence-electron chi connectivity index (χ4n) is 2.71. The van der Waals surface area contributed by atoms with Crippen molar-refractivity contribution in [2.45, 2.75) is 46.0 Å². The van der Waals surface area contributed by atoms with Crippen LogP contribution in [0.1, 0.15) is 49.2 Å². The Morgan fingerprint density at radius 1 is 1.22 bits per heavy atom. The van der Waals surface area contributed by atoms with Gasteiger partial charge in [0.25, 0.3) is 0 Å². The van der Waals surface area contributed by atoms with Crippen molar-refractivity contribution in [3.63, 3.8) is 0 Å². The van der Waals surface area contributed by atoms with Gasteiger partial charge in [0, 0.05) is 25.4 Å². The Labute approximate surface area is 157 Å². The fourth-order valence-corrected chi connectivity index (χ4v) is 2.71. The second-order valence-electron chi connectivity index (χ2n) is 6.33. The van der Waals surface area contributed by atoms with Crippen molar-refractivity contribution in [1.29, 1.82) is 0 Å². The van der Waals surface area contributed by atoms with E-state index in [1.54, 1.807) is 0 Å². The molecule has 2 aromatic rings. The summed E-state index contributed by atoms with van der Waals surface area (Å²) in [6, 6.07) is 8.20. The number of guanidine groups is 1. The number of aliphatic imine (C=N–C) groups is 1. The van der Waals surface area contributed by atoms with Crippen LogP contribution in [0, 0.1) is 0 Å². The van der Waals surface area contributed by atoms with Gasteiger partial charge in [-0.1, -0.05) is 31.2 Å². The lowest BCUT2D eigenvalue weighted by atomic mass is 10.1. The first-order valence-electron chi connectivity index (χ1n) is 8.98. The fraction of sp³-hybridized carbons (Fsp3) is 0.474. The molecule has 148 valence electrons. The van der Waals surface area contributed by atoms with E-state index in [2.05, 4.69) is 39.8 Å². The van der Waals surface area contributed by atoms with Crippen molar-refractivity contribution < 1.29 is 13.2 Å². The lowest BCUT2D eigenvalue weighted by Gasteiger charge is -2.18. The zero-order valence-electron chi connectivity index (χ0n) is 16.1. The first-order valence-corrected chi connectivity index (χ1v) is 8.98. The van der Waals surface area contributed by atoms with Crippen molar-refractivity contribution in [3.05, 3.63) is 52.8 Å². The van der Waals surface area contributed by atoms with Crippen LogP contribution < -0.4 is 10.6 Å². The number of hydrogen-bond donors (Lipinski definition) is 2. The summed E-state index contributed by atoms with van der Waals surface area (Å²) in [7, 11) is 1.47. The molecule has 2 rings (SSSR count). The molecule has 2 N–H and O–H groups in total. The summed E-state index contributed by atoms with van der Waals surface area (Å²) in [5.41, 5.74) is 1.48. The minimum Gasteiger partial charge on any atom is -0.357 e. The molecule has 1 aromatic carbocycles. The summed E-state index contributed by atoms with van der Waals surface area (Å²) >= 11 is 0. The number of nitrogens with zero attached hydrogens (tertiary/aromatic N) is 3. The van der Waals surface area contributed by atoms with E-state index < -0.39 is 11.9 Å². The van der Waals surface area contributed by atoms with E-state index in [1.807, 2.05) is 26.0 Å². The monoisotopic (exact) mass is 381 g/mol. The van der Waals surface area contributed by atoms with Gasteiger partial charge >= 0.3 is 6.18 Å². The Hall–Kier alpha value is -2.51. The molecule has 5 nitrogen and oxygen atoms in total. The third kappa shape index (κ3) is 5.74. The van der Waals surface area contributed by atoms with Gasteiger partial charge in [-0.2, -0.15) is 18.3 Å². The van der Waals surface area contributed by atoms with Gasteiger partial charge in [0.15, 0.2) is 11.7 Å². The Kier molecular flexibility index (Phi) is 6.87. The Bertz CT molecular complexity index is 763. The molecule has 0 bridgehead atoms. The van der Waals surface area contributed by atoms with Crippen molar-refractivity contribution >= 4 is 5.96 Å². The van der Waals surface area contributed by atoms with Gasteiger partial charge in [-0.25, -0.2) is 4.99 Å². The first kappa shape index (κ1) is 20.8. The van der Waals surface area contributed by atoms with E-state index in [0.29, 0.717) is 12.5 Å². The minimum atomic E-state index is -4.49. The number of nitrogens with one attached hydrogen (secondary N) is 2. The Balaban J connectivity index is 2.14. The molecule has 0 fully saturated rings. The zero-order chi connectivity index (χ0) is 20.0. The maximum Gasteiger partial charge on any atom is 0.435 e. The molecule has 0 aliphatic carbocycles. The maximum atomic E-state index is 13.1. The van der Waals surface area contributed by atoms with Crippen LogP contribution in [0.2, 0.25) is 0 Å². The highest BCUT2D eigenvalue weighted by atomic mass is 19.4. The highest BCUT2D eigenvalue weighted by Crippen LogP contribution is 2.30. The van der Waals surface area contributed by atoms with Gasteiger partial charge in [-0.15, -0.1) is 0 Å². The zero-order valence-corrected chi connectivity index (χ0v) is 16.1. The summed E-state index contributed by atoms with van der Waals surface area (Å²) in [5.74, 6) is 0.460. The molecule has 0 radical (unpaired) electrons. The highest BCUT2D eigenvalue weighted by Gasteiger charge is 2.36. The predicted octanol–water partition coefficient (Wildman–Crippen LogP) is 3.82. The van der Waals surface area contributed by atoms with Gasteiger partial charge in [-0.3, -0.25) is 4.68 Å². The number of aryl methyl sites for hydroxylation is 2. The number of alkyl halides is 3. The maximum absolute atomic E-state index is 13.1. The van der Waals surface area contributed by atoms with E-state index in [0.717, 1.165) is 16.7 Å². The van der Waals surface area contributed by atoms with E-state index in [4.69, 9.17) is 0 Å². The van der Waals surface area contributed by atoms with E-state index in [1.165, 1.54) is 18.8 Å². The standard InChI is InChI=1S/C19H26F3N5/c1-5-14-7-9-15(10-8-14)13(3)25-18(23-6-2)24-11-16-12-27(4)26-17(16)19(20,21)22/h7-10,12-13H,5-6,11H2,1-4H3,(H2,23,24,25). The molecule has 0 aliphatic rings. The normalized spacial score (nSPS) is 13.5. The average Bonchev–Trinajstić information content (AvgIpc) is 3.01. The minimum absolute atomic E-state index is 0.0373. The van der Waals surface area contributed by atoms with Gasteiger partial charge in [0.05, 0.1) is 12.6 Å². The van der Waals surface area contributed by atoms with Crippen LogP contribution in [0.4, 0.5) is 13.2 Å². The molecule has 1 atom stereocenters. The molecular weight excluding hydrogens is 355 g/mol. The van der Waals surface area contributed by atoms with E-state index in [-0.39, 0.29) is 18.2 Å². The molecule has 0 saturated heterocycles. The van der Waals surface area contributed by atoms with Crippen LogP contribution in [0.15, 0.2) is 35.5 Å². The van der Waals surface area contributed by atoms with Gasteiger partial charge in [0.1, 0.15) is 0 Å². The van der Waals surface area contributed by atoms with Crippen molar-refractivity contribution in [3.8, 4) is 0 Å². The van der Waals surface area contributed by atoms with Crippen LogP contribution in [0.5, 0.6) is 0 Å². The van der Waals surface area contributed by atoms with E-state index >= 15 is 0 Å². The summed E-state index contributed by atoms with van der Waals surface area (Å²) in [6.45, 7) is 6.48. The van der Waals surface area contributed by atoms with Crippen LogP contribution in [-0.4, -0.2) is 22.3 Å². The largest absolute Gasteiger partial charge is 0.435 e. The number of halogens is 3. The topological polar surface area (TPSA) is 54.2 Å². The van der Waals surface area contributed by atoms with Crippen molar-refractivity contribution in [2.24, 2.45) is 12.0 Å². The second kappa shape index (κ2) is 8.92. The third-order valence-corrected chi connectivity index (χ3v) is 4.17.